The molecule has 0 atom stereocenters. The topological polar surface area (TPSA) is 253 Å². The standard InChI is InChI=1S/C53H72F4N4O17S/c1-4-14-61(77-5-2)38(3)43-35-42-11-10-41(36-44(42)60-45(58)37-43)39-6-8-40(9-7-39)53(63)59-13-16-68-18-20-70-22-24-72-26-28-74-30-32-76-34-33-75-31-29-73-27-25-71-23-21-69-19-17-67-15-12-46(62)78-51-47(54)49(56)52(79(64,65)66)50(57)48(51)55/h6-11,35-36H,3-5,12-34,37H2,1-2H3,(H2,58,60)(H,59,63)(H,64,65,66). The number of amides is 1. The number of ether oxygens (including phenoxy) is 11. The van der Waals surface area contributed by atoms with Crippen molar-refractivity contribution >= 4 is 39.6 Å². The van der Waals surface area contributed by atoms with Crippen LogP contribution in [0, 0.1) is 23.3 Å². The summed E-state index contributed by atoms with van der Waals surface area (Å²) in [6.07, 6.45) is 2.86. The molecule has 0 aliphatic carbocycles. The maximum absolute atomic E-state index is 14.0. The summed E-state index contributed by atoms with van der Waals surface area (Å²) in [5, 5.41) is 4.70. The van der Waals surface area contributed by atoms with Gasteiger partial charge in [-0.15, -0.1) is 0 Å². The van der Waals surface area contributed by atoms with Gasteiger partial charge in [0.05, 0.1) is 157 Å². The summed E-state index contributed by atoms with van der Waals surface area (Å²) in [5.41, 5.74) is 12.2. The van der Waals surface area contributed by atoms with E-state index in [1.165, 1.54) is 0 Å². The number of aliphatic imine (C=N–C) groups is 1. The molecule has 1 aliphatic heterocycles. The quantitative estimate of drug-likeness (QED) is 0.0112. The van der Waals surface area contributed by atoms with Gasteiger partial charge in [-0.2, -0.15) is 17.2 Å². The Labute approximate surface area is 457 Å². The summed E-state index contributed by atoms with van der Waals surface area (Å²) >= 11 is 0. The molecule has 1 amide bonds. The number of carbonyl (C=O) groups is 2. The van der Waals surface area contributed by atoms with Crippen LogP contribution < -0.4 is 15.8 Å². The molecular weight excluding hydrogens is 1070 g/mol. The predicted octanol–water partition coefficient (Wildman–Crippen LogP) is 6.00. The lowest BCUT2D eigenvalue weighted by Gasteiger charge is -2.26. The number of esters is 1. The largest absolute Gasteiger partial charge is 0.420 e. The fraction of sp³-hybridized carbons (Fsp3) is 0.528. The van der Waals surface area contributed by atoms with Crippen molar-refractivity contribution in [1.29, 1.82) is 0 Å². The molecule has 440 valence electrons. The zero-order valence-electron chi connectivity index (χ0n) is 44.6. The Morgan fingerprint density at radius 2 is 1.10 bits per heavy atom. The lowest BCUT2D eigenvalue weighted by molar-refractivity contribution is -0.136. The van der Waals surface area contributed by atoms with Gasteiger partial charge in [0, 0.05) is 30.6 Å². The first-order valence-corrected chi connectivity index (χ1v) is 27.1. The Morgan fingerprint density at radius 1 is 0.658 bits per heavy atom. The van der Waals surface area contributed by atoms with E-state index in [0.29, 0.717) is 130 Å². The third-order valence-electron chi connectivity index (χ3n) is 10.8. The van der Waals surface area contributed by atoms with Crippen LogP contribution in [-0.4, -0.2) is 188 Å². The number of rotatable bonds is 43. The van der Waals surface area contributed by atoms with Gasteiger partial charge in [0.1, 0.15) is 5.84 Å². The molecule has 0 spiro atoms. The van der Waals surface area contributed by atoms with E-state index in [4.69, 9.17) is 67.5 Å². The molecule has 26 heteroatoms. The zero-order chi connectivity index (χ0) is 57.3. The molecule has 3 aromatic carbocycles. The van der Waals surface area contributed by atoms with Gasteiger partial charge < -0.3 is 63.2 Å². The number of halogens is 4. The molecule has 0 saturated heterocycles. The Morgan fingerprint density at radius 3 is 1.54 bits per heavy atom. The van der Waals surface area contributed by atoms with Crippen LogP contribution in [-0.2, 0) is 67.1 Å². The normalized spacial score (nSPS) is 12.4. The lowest BCUT2D eigenvalue weighted by atomic mass is 9.99. The van der Waals surface area contributed by atoms with Gasteiger partial charge in [-0.1, -0.05) is 37.8 Å². The van der Waals surface area contributed by atoms with E-state index in [1.54, 1.807) is 12.1 Å². The number of amidine groups is 1. The van der Waals surface area contributed by atoms with Crippen LogP contribution in [0.5, 0.6) is 5.75 Å². The third kappa shape index (κ3) is 24.4. The van der Waals surface area contributed by atoms with Crippen molar-refractivity contribution in [2.75, 3.05) is 152 Å². The second-order valence-electron chi connectivity index (χ2n) is 16.8. The van der Waals surface area contributed by atoms with E-state index in [1.807, 2.05) is 42.3 Å². The van der Waals surface area contributed by atoms with E-state index >= 15 is 0 Å². The highest BCUT2D eigenvalue weighted by atomic mass is 32.2. The minimum Gasteiger partial charge on any atom is -0.420 e. The molecule has 4 N–H and O–H groups in total. The second-order valence-corrected chi connectivity index (χ2v) is 18.1. The van der Waals surface area contributed by atoms with E-state index in [2.05, 4.69) is 29.6 Å². The van der Waals surface area contributed by atoms with Gasteiger partial charge in [-0.05, 0) is 54.3 Å². The molecule has 1 aliphatic rings. The molecule has 0 unspecified atom stereocenters. The Hall–Kier alpha value is -5.46. The fourth-order valence-electron chi connectivity index (χ4n) is 7.01. The Balaban J connectivity index is 0.863. The fourth-order valence-corrected chi connectivity index (χ4v) is 7.65. The average Bonchev–Trinajstić information content (AvgIpc) is 3.65. The number of nitrogens with zero attached hydrogens (tertiary/aromatic N) is 2. The van der Waals surface area contributed by atoms with E-state index in [9.17, 15) is 35.6 Å². The molecule has 4 rings (SSSR count). The smallest absolute Gasteiger partial charge is 0.313 e. The number of hydrogen-bond donors (Lipinski definition) is 3. The van der Waals surface area contributed by atoms with Crippen LogP contribution >= 0.6 is 0 Å². The Bertz CT molecular complexity index is 2490. The average molecular weight is 1150 g/mol. The van der Waals surface area contributed by atoms with Crippen LogP contribution in [0.25, 0.3) is 17.2 Å². The summed E-state index contributed by atoms with van der Waals surface area (Å²) in [5.74, 6) is -12.4. The van der Waals surface area contributed by atoms with Crippen molar-refractivity contribution in [3.8, 4) is 16.9 Å². The van der Waals surface area contributed by atoms with Crippen LogP contribution in [0.4, 0.5) is 23.2 Å². The molecular formula is C53H72F4N4O17S. The van der Waals surface area contributed by atoms with Crippen LogP contribution in [0.15, 0.2) is 70.2 Å². The maximum atomic E-state index is 14.0. The van der Waals surface area contributed by atoms with Gasteiger partial charge in [-0.25, -0.2) is 13.8 Å². The number of benzene rings is 3. The highest BCUT2D eigenvalue weighted by Gasteiger charge is 2.34. The minimum absolute atomic E-state index is 0.0193. The van der Waals surface area contributed by atoms with Crippen molar-refractivity contribution in [2.24, 2.45) is 10.7 Å². The summed E-state index contributed by atoms with van der Waals surface area (Å²) in [6.45, 7) is 16.0. The van der Waals surface area contributed by atoms with Gasteiger partial charge in [0.2, 0.25) is 17.4 Å². The number of carbonyl (C=O) groups excluding carboxylic acids is 2. The molecule has 0 aromatic heterocycles. The SMILES string of the molecule is C=C(C1=Cc2ccc(-c3ccc(C(=O)NCCOCCOCCOCCOCCOCCOCCOCCOCCOCCOCCC(=O)Oc4c(F)c(F)c(S(=O)(=O)O)c(F)c4F)cc3)cc2N=C(N)C1)N(CCC)OCC. The van der Waals surface area contributed by atoms with Crippen molar-refractivity contribution < 1.29 is 97.1 Å². The van der Waals surface area contributed by atoms with Crippen LogP contribution in [0.3, 0.4) is 0 Å². The van der Waals surface area contributed by atoms with Gasteiger partial charge >= 0.3 is 16.1 Å². The number of hydrogen-bond acceptors (Lipinski definition) is 19. The summed E-state index contributed by atoms with van der Waals surface area (Å²) in [7, 11) is -5.65. The van der Waals surface area contributed by atoms with Crippen molar-refractivity contribution in [3.63, 3.8) is 0 Å². The number of nitrogens with two attached hydrogens (primary N) is 1. The van der Waals surface area contributed by atoms with Crippen LogP contribution in [0.1, 0.15) is 49.0 Å². The molecule has 1 heterocycles. The van der Waals surface area contributed by atoms with Crippen molar-refractivity contribution in [1.82, 2.24) is 10.4 Å². The molecule has 3 aromatic rings. The van der Waals surface area contributed by atoms with Gasteiger partial charge in [0.25, 0.3) is 5.91 Å². The first-order chi connectivity index (χ1) is 38.2. The highest BCUT2D eigenvalue weighted by molar-refractivity contribution is 7.85. The van der Waals surface area contributed by atoms with Crippen molar-refractivity contribution in [2.45, 2.75) is 38.0 Å². The maximum Gasteiger partial charge on any atom is 0.313 e. The van der Waals surface area contributed by atoms with Crippen LogP contribution in [0.2, 0.25) is 0 Å². The summed E-state index contributed by atoms with van der Waals surface area (Å²) < 4.78 is 145. The lowest BCUT2D eigenvalue weighted by Crippen LogP contribution is -2.27. The third-order valence-corrected chi connectivity index (χ3v) is 11.7. The van der Waals surface area contributed by atoms with E-state index < -0.39 is 56.4 Å². The van der Waals surface area contributed by atoms with E-state index in [-0.39, 0.29) is 38.9 Å². The molecule has 0 saturated carbocycles. The Kier molecular flexibility index (Phi) is 31.3. The second kappa shape index (κ2) is 37.5. The van der Waals surface area contributed by atoms with Gasteiger partial charge in [0.15, 0.2) is 16.5 Å². The first-order valence-electron chi connectivity index (χ1n) is 25.6. The van der Waals surface area contributed by atoms with E-state index in [0.717, 1.165) is 46.6 Å². The zero-order valence-corrected chi connectivity index (χ0v) is 45.4. The molecule has 0 bridgehead atoms. The number of hydroxylamine groups is 2. The molecule has 0 fully saturated rings. The molecule has 21 nitrogen and oxygen atoms in total. The van der Waals surface area contributed by atoms with Gasteiger partial charge in [-0.3, -0.25) is 24.0 Å². The molecule has 79 heavy (non-hydrogen) atoms. The minimum atomic E-state index is -5.65. The number of allylic oxidation sites excluding steroid dienone is 1. The number of nitrogens with one attached hydrogen (secondary N) is 1. The van der Waals surface area contributed by atoms with Crippen molar-refractivity contribution in [3.05, 3.63) is 94.7 Å². The summed E-state index contributed by atoms with van der Waals surface area (Å²) in [4.78, 5) is 32.9. The molecule has 0 radical (unpaired) electrons. The first kappa shape index (κ1) is 66.1. The summed E-state index contributed by atoms with van der Waals surface area (Å²) in [6, 6.07) is 13.4. The highest BCUT2D eigenvalue weighted by Crippen LogP contribution is 2.35. The monoisotopic (exact) mass is 1140 g/mol. The predicted molar refractivity (Wildman–Crippen MR) is 280 cm³/mol. The number of fused-ring (bicyclic) bond motifs is 1.